The lowest BCUT2D eigenvalue weighted by Gasteiger charge is -2.05. The predicted octanol–water partition coefficient (Wildman–Crippen LogP) is 2.73. The summed E-state index contributed by atoms with van der Waals surface area (Å²) in [6, 6.07) is 7.17. The molecule has 0 radical (unpaired) electrons. The Morgan fingerprint density at radius 1 is 1.16 bits per heavy atom. The number of hydrogen-bond donors (Lipinski definition) is 2. The van der Waals surface area contributed by atoms with E-state index in [1.807, 2.05) is 6.07 Å². The number of pyridine rings is 1. The molecule has 0 spiro atoms. The van der Waals surface area contributed by atoms with Gasteiger partial charge in [0.2, 0.25) is 11.8 Å². The molecule has 3 rings (SSSR count). The number of aromatic nitrogens is 3. The molecular weight excluding hydrogens is 338 g/mol. The van der Waals surface area contributed by atoms with Crippen LogP contribution >= 0.6 is 11.8 Å². The number of carbonyl (C=O) groups excluding carboxylic acids is 2. The fraction of sp³-hybridized carbons (Fsp3) is 0.353. The van der Waals surface area contributed by atoms with Crippen molar-refractivity contribution in [2.75, 3.05) is 16.4 Å². The van der Waals surface area contributed by atoms with Crippen LogP contribution in [0.5, 0.6) is 0 Å². The van der Waals surface area contributed by atoms with Gasteiger partial charge in [0.25, 0.3) is 0 Å². The first-order valence-corrected chi connectivity index (χ1v) is 9.16. The molecule has 2 N–H and O–H groups in total. The van der Waals surface area contributed by atoms with Crippen LogP contribution in [0.3, 0.4) is 0 Å². The van der Waals surface area contributed by atoms with Gasteiger partial charge in [-0.25, -0.2) is 0 Å². The van der Waals surface area contributed by atoms with Crippen LogP contribution in [0, 0.1) is 5.92 Å². The normalized spacial score (nSPS) is 13.3. The lowest BCUT2D eigenvalue weighted by Crippen LogP contribution is -2.14. The zero-order valence-corrected chi connectivity index (χ0v) is 14.5. The summed E-state index contributed by atoms with van der Waals surface area (Å²) >= 11 is 1.54. The number of amides is 2. The van der Waals surface area contributed by atoms with Crippen LogP contribution in [-0.4, -0.2) is 32.7 Å². The van der Waals surface area contributed by atoms with Gasteiger partial charge in [0.1, 0.15) is 5.03 Å². The van der Waals surface area contributed by atoms with Crippen molar-refractivity contribution >= 4 is 35.1 Å². The molecule has 0 atom stereocenters. The second kappa shape index (κ2) is 8.57. The standard InChI is InChI=1S/C17H19N5O2S/c23-15(19-13-3-1-9-18-11-13)4-2-10-25-16-8-7-14(21-22-16)20-17(24)12-5-6-12/h1,3,7-9,11-12H,2,4-6,10H2,(H,19,23)(H,20,21,24). The molecule has 8 heteroatoms. The number of hydrogen-bond acceptors (Lipinski definition) is 6. The van der Waals surface area contributed by atoms with Crippen molar-refractivity contribution in [2.24, 2.45) is 5.92 Å². The third-order valence-electron chi connectivity index (χ3n) is 3.58. The van der Waals surface area contributed by atoms with Gasteiger partial charge in [-0.1, -0.05) is 0 Å². The highest BCUT2D eigenvalue weighted by atomic mass is 32.2. The summed E-state index contributed by atoms with van der Waals surface area (Å²) in [4.78, 5) is 27.4. The average molecular weight is 357 g/mol. The molecule has 130 valence electrons. The summed E-state index contributed by atoms with van der Waals surface area (Å²) in [5.74, 6) is 1.39. The van der Waals surface area contributed by atoms with Gasteiger partial charge in [0, 0.05) is 24.3 Å². The van der Waals surface area contributed by atoms with Crippen LogP contribution in [0.2, 0.25) is 0 Å². The Balaban J connectivity index is 1.34. The molecule has 2 aromatic heterocycles. The van der Waals surface area contributed by atoms with Crippen LogP contribution in [0.25, 0.3) is 0 Å². The number of nitrogens with one attached hydrogen (secondary N) is 2. The maximum atomic E-state index is 11.8. The molecule has 0 saturated heterocycles. The average Bonchev–Trinajstić information content (AvgIpc) is 3.46. The van der Waals surface area contributed by atoms with Gasteiger partial charge < -0.3 is 10.6 Å². The van der Waals surface area contributed by atoms with Gasteiger partial charge in [-0.15, -0.1) is 22.0 Å². The summed E-state index contributed by atoms with van der Waals surface area (Å²) in [5, 5.41) is 14.4. The van der Waals surface area contributed by atoms with E-state index in [2.05, 4.69) is 25.8 Å². The maximum absolute atomic E-state index is 11.8. The van der Waals surface area contributed by atoms with E-state index in [-0.39, 0.29) is 17.7 Å². The van der Waals surface area contributed by atoms with E-state index in [9.17, 15) is 9.59 Å². The fourth-order valence-electron chi connectivity index (χ4n) is 2.11. The number of rotatable bonds is 8. The Morgan fingerprint density at radius 3 is 2.72 bits per heavy atom. The van der Waals surface area contributed by atoms with E-state index in [1.165, 1.54) is 11.8 Å². The fourth-order valence-corrected chi connectivity index (χ4v) is 2.87. The van der Waals surface area contributed by atoms with E-state index in [0.717, 1.165) is 30.0 Å². The zero-order chi connectivity index (χ0) is 17.5. The van der Waals surface area contributed by atoms with E-state index < -0.39 is 0 Å². The molecule has 25 heavy (non-hydrogen) atoms. The maximum Gasteiger partial charge on any atom is 0.228 e. The minimum absolute atomic E-state index is 0.0225. The summed E-state index contributed by atoms with van der Waals surface area (Å²) in [6.07, 6.45) is 6.37. The van der Waals surface area contributed by atoms with Crippen LogP contribution in [0.4, 0.5) is 11.5 Å². The Hall–Kier alpha value is -2.48. The van der Waals surface area contributed by atoms with Crippen molar-refractivity contribution in [2.45, 2.75) is 30.7 Å². The number of carbonyl (C=O) groups is 2. The molecule has 0 aromatic carbocycles. The molecule has 2 aromatic rings. The van der Waals surface area contributed by atoms with Crippen LogP contribution in [0.1, 0.15) is 25.7 Å². The summed E-state index contributed by atoms with van der Waals surface area (Å²) in [5.41, 5.74) is 0.704. The van der Waals surface area contributed by atoms with Gasteiger partial charge in [-0.05, 0) is 43.5 Å². The number of nitrogens with zero attached hydrogens (tertiary/aromatic N) is 3. The Bertz CT molecular complexity index is 720. The molecule has 2 amide bonds. The molecule has 2 heterocycles. The second-order valence-corrected chi connectivity index (χ2v) is 6.88. The first-order valence-electron chi connectivity index (χ1n) is 8.18. The van der Waals surface area contributed by atoms with Crippen molar-refractivity contribution in [1.29, 1.82) is 0 Å². The molecule has 1 aliphatic carbocycles. The molecule has 0 bridgehead atoms. The van der Waals surface area contributed by atoms with Gasteiger partial charge in [0.05, 0.1) is 11.9 Å². The minimum atomic E-state index is -0.0298. The molecule has 1 aliphatic rings. The lowest BCUT2D eigenvalue weighted by molar-refractivity contribution is -0.117. The molecule has 1 saturated carbocycles. The summed E-state index contributed by atoms with van der Waals surface area (Å²) < 4.78 is 0. The highest BCUT2D eigenvalue weighted by Crippen LogP contribution is 2.30. The largest absolute Gasteiger partial charge is 0.325 e. The molecular formula is C17H19N5O2S. The van der Waals surface area contributed by atoms with E-state index in [1.54, 1.807) is 30.6 Å². The molecule has 1 fully saturated rings. The zero-order valence-electron chi connectivity index (χ0n) is 13.6. The minimum Gasteiger partial charge on any atom is -0.325 e. The highest BCUT2D eigenvalue weighted by molar-refractivity contribution is 7.99. The van der Waals surface area contributed by atoms with E-state index in [0.29, 0.717) is 17.9 Å². The van der Waals surface area contributed by atoms with E-state index >= 15 is 0 Å². The third kappa shape index (κ3) is 5.82. The van der Waals surface area contributed by atoms with Crippen molar-refractivity contribution in [3.63, 3.8) is 0 Å². The molecule has 0 unspecified atom stereocenters. The summed E-state index contributed by atoms with van der Waals surface area (Å²) in [7, 11) is 0. The molecule has 0 aliphatic heterocycles. The second-order valence-electron chi connectivity index (χ2n) is 5.76. The SMILES string of the molecule is O=C(CCCSc1ccc(NC(=O)C2CC2)nn1)Nc1cccnc1. The van der Waals surface area contributed by atoms with Crippen molar-refractivity contribution in [3.8, 4) is 0 Å². The van der Waals surface area contributed by atoms with Gasteiger partial charge in [0.15, 0.2) is 5.82 Å². The van der Waals surface area contributed by atoms with Gasteiger partial charge >= 0.3 is 0 Å². The van der Waals surface area contributed by atoms with Crippen LogP contribution in [0.15, 0.2) is 41.7 Å². The summed E-state index contributed by atoms with van der Waals surface area (Å²) in [6.45, 7) is 0. The quantitative estimate of drug-likeness (QED) is 0.557. The topological polar surface area (TPSA) is 96.9 Å². The first kappa shape index (κ1) is 17.3. The van der Waals surface area contributed by atoms with Crippen LogP contribution in [-0.2, 0) is 9.59 Å². The van der Waals surface area contributed by atoms with Gasteiger partial charge in [-0.2, -0.15) is 0 Å². The lowest BCUT2D eigenvalue weighted by atomic mass is 10.3. The molecule has 7 nitrogen and oxygen atoms in total. The van der Waals surface area contributed by atoms with Gasteiger partial charge in [-0.3, -0.25) is 14.6 Å². The van der Waals surface area contributed by atoms with Crippen molar-refractivity contribution in [3.05, 3.63) is 36.7 Å². The van der Waals surface area contributed by atoms with Crippen molar-refractivity contribution in [1.82, 2.24) is 15.2 Å². The first-order chi connectivity index (χ1) is 12.2. The smallest absolute Gasteiger partial charge is 0.228 e. The highest BCUT2D eigenvalue weighted by Gasteiger charge is 2.29. The van der Waals surface area contributed by atoms with Crippen LogP contribution < -0.4 is 10.6 Å². The predicted molar refractivity (Wildman–Crippen MR) is 96.2 cm³/mol. The monoisotopic (exact) mass is 357 g/mol. The van der Waals surface area contributed by atoms with Crippen molar-refractivity contribution < 1.29 is 9.59 Å². The van der Waals surface area contributed by atoms with E-state index in [4.69, 9.17) is 0 Å². The third-order valence-corrected chi connectivity index (χ3v) is 4.59. The Labute approximate surface area is 150 Å². The number of thioether (sulfide) groups is 1. The Morgan fingerprint density at radius 2 is 2.04 bits per heavy atom. The Kier molecular flexibility index (Phi) is 5.95. The number of anilines is 2.